The number of amides is 1. The number of aliphatic carboxylic acids is 1. The Kier molecular flexibility index (Phi) is 8.89. The van der Waals surface area contributed by atoms with Crippen LogP contribution >= 0.6 is 11.8 Å². The van der Waals surface area contributed by atoms with Crippen LogP contribution in [-0.4, -0.2) is 48.2 Å². The smallest absolute Gasteiger partial charge is 0.326 e. The number of rotatable bonds is 9. The van der Waals surface area contributed by atoms with Crippen LogP contribution in [0.5, 0.6) is 0 Å². The Bertz CT molecular complexity index is 248. The summed E-state index contributed by atoms with van der Waals surface area (Å²) in [5.74, 6) is -0.289. The molecule has 0 saturated heterocycles. The van der Waals surface area contributed by atoms with Crippen LogP contribution < -0.4 is 5.32 Å². The number of thioether (sulfide) groups is 1. The van der Waals surface area contributed by atoms with Crippen LogP contribution in [0.2, 0.25) is 0 Å². The van der Waals surface area contributed by atoms with Crippen LogP contribution in [-0.2, 0) is 14.3 Å². The van der Waals surface area contributed by atoms with Gasteiger partial charge in [0.25, 0.3) is 0 Å². The highest BCUT2D eigenvalue weighted by Gasteiger charge is 2.24. The lowest BCUT2D eigenvalue weighted by atomic mass is 9.99. The van der Waals surface area contributed by atoms with Gasteiger partial charge >= 0.3 is 5.97 Å². The monoisotopic (exact) mass is 263 g/mol. The number of carbonyl (C=O) groups is 2. The van der Waals surface area contributed by atoms with Gasteiger partial charge in [-0.25, -0.2) is 4.79 Å². The van der Waals surface area contributed by atoms with Crippen molar-refractivity contribution in [1.29, 1.82) is 0 Å². The quantitative estimate of drug-likeness (QED) is 0.607. The van der Waals surface area contributed by atoms with Gasteiger partial charge in [0.1, 0.15) is 6.04 Å². The molecular formula is C11H21NO4S. The number of carboxylic acids is 1. The van der Waals surface area contributed by atoms with E-state index in [-0.39, 0.29) is 17.6 Å². The number of ether oxygens (including phenoxy) is 1. The van der Waals surface area contributed by atoms with Gasteiger partial charge in [0.2, 0.25) is 5.91 Å². The van der Waals surface area contributed by atoms with Crippen LogP contribution in [0.25, 0.3) is 0 Å². The van der Waals surface area contributed by atoms with Gasteiger partial charge in [0.05, 0.1) is 12.4 Å². The molecule has 0 aliphatic carbocycles. The number of hydrogen-bond donors (Lipinski definition) is 2. The van der Waals surface area contributed by atoms with E-state index in [1.807, 2.05) is 13.8 Å². The fourth-order valence-corrected chi connectivity index (χ4v) is 1.90. The van der Waals surface area contributed by atoms with Gasteiger partial charge in [0, 0.05) is 12.9 Å². The highest BCUT2D eigenvalue weighted by atomic mass is 32.2. The highest BCUT2D eigenvalue weighted by molar-refractivity contribution is 7.99. The second-order valence-corrected chi connectivity index (χ2v) is 4.92. The van der Waals surface area contributed by atoms with E-state index < -0.39 is 12.0 Å². The van der Waals surface area contributed by atoms with E-state index in [0.717, 1.165) is 5.75 Å². The zero-order valence-corrected chi connectivity index (χ0v) is 11.4. The maximum Gasteiger partial charge on any atom is 0.326 e. The number of methoxy groups -OCH3 is 1. The Labute approximate surface area is 106 Å². The molecule has 0 aliphatic rings. The Morgan fingerprint density at radius 2 is 2.12 bits per heavy atom. The largest absolute Gasteiger partial charge is 0.480 e. The van der Waals surface area contributed by atoms with E-state index in [1.54, 1.807) is 7.11 Å². The first-order valence-corrected chi connectivity index (χ1v) is 6.77. The summed E-state index contributed by atoms with van der Waals surface area (Å²) < 4.78 is 4.85. The molecule has 0 unspecified atom stereocenters. The Morgan fingerprint density at radius 3 is 2.59 bits per heavy atom. The van der Waals surface area contributed by atoms with Crippen molar-refractivity contribution < 1.29 is 19.4 Å². The molecule has 0 aromatic carbocycles. The van der Waals surface area contributed by atoms with Crippen LogP contribution in [0.15, 0.2) is 0 Å². The first-order chi connectivity index (χ1) is 8.02. The molecule has 0 aliphatic heterocycles. The molecule has 0 spiro atoms. The van der Waals surface area contributed by atoms with Gasteiger partial charge in [-0.15, -0.1) is 11.8 Å². The summed E-state index contributed by atoms with van der Waals surface area (Å²) in [6, 6.07) is -0.796. The molecule has 5 nitrogen and oxygen atoms in total. The third-order valence-corrected chi connectivity index (χ3v) is 3.38. The number of hydrogen-bond acceptors (Lipinski definition) is 4. The van der Waals surface area contributed by atoms with Gasteiger partial charge in [-0.3, -0.25) is 4.79 Å². The normalized spacial score (nSPS) is 14.1. The fraction of sp³-hybridized carbons (Fsp3) is 0.818. The average molecular weight is 263 g/mol. The molecule has 0 aromatic rings. The summed E-state index contributed by atoms with van der Waals surface area (Å²) in [7, 11) is 1.60. The van der Waals surface area contributed by atoms with Crippen LogP contribution in [0.3, 0.4) is 0 Å². The van der Waals surface area contributed by atoms with Crippen molar-refractivity contribution in [2.45, 2.75) is 26.3 Å². The first-order valence-electron chi connectivity index (χ1n) is 5.61. The van der Waals surface area contributed by atoms with Crippen molar-refractivity contribution in [3.8, 4) is 0 Å². The lowest BCUT2D eigenvalue weighted by Crippen LogP contribution is -2.45. The molecule has 0 aromatic heterocycles. The summed E-state index contributed by atoms with van der Waals surface area (Å²) in [5.41, 5.74) is 0. The minimum atomic E-state index is -0.977. The van der Waals surface area contributed by atoms with Gasteiger partial charge < -0.3 is 15.2 Å². The Balaban J connectivity index is 4.00. The van der Waals surface area contributed by atoms with E-state index >= 15 is 0 Å². The third-order valence-electron chi connectivity index (χ3n) is 2.46. The first kappa shape index (κ1) is 16.2. The molecule has 0 rings (SSSR count). The summed E-state index contributed by atoms with van der Waals surface area (Å²) in [5, 5.41) is 11.5. The Hall–Kier alpha value is -0.750. The zero-order valence-electron chi connectivity index (χ0n) is 10.6. The van der Waals surface area contributed by atoms with E-state index in [0.29, 0.717) is 13.0 Å². The molecule has 0 radical (unpaired) electrons. The van der Waals surface area contributed by atoms with Crippen LogP contribution in [0.1, 0.15) is 20.3 Å². The van der Waals surface area contributed by atoms with E-state index in [1.165, 1.54) is 11.8 Å². The minimum Gasteiger partial charge on any atom is -0.480 e. The van der Waals surface area contributed by atoms with Gasteiger partial charge in [-0.1, -0.05) is 20.3 Å². The standard InChI is InChI=1S/C11H21NO4S/c1-4-8(2)10(11(14)15)12-9(13)7-17-6-5-16-3/h8,10H,4-7H2,1-3H3,(H,12,13)(H,14,15)/t8-,10+/m1/s1. The lowest BCUT2D eigenvalue weighted by Gasteiger charge is -2.19. The minimum absolute atomic E-state index is 0.0691. The molecule has 0 bridgehead atoms. The van der Waals surface area contributed by atoms with Crippen molar-refractivity contribution in [2.75, 3.05) is 25.2 Å². The van der Waals surface area contributed by atoms with Crippen molar-refractivity contribution in [2.24, 2.45) is 5.92 Å². The maximum atomic E-state index is 11.5. The highest BCUT2D eigenvalue weighted by Crippen LogP contribution is 2.08. The molecular weight excluding hydrogens is 242 g/mol. The second kappa shape index (κ2) is 9.30. The van der Waals surface area contributed by atoms with Gasteiger partial charge in [-0.2, -0.15) is 0 Å². The molecule has 0 fully saturated rings. The van der Waals surface area contributed by atoms with Crippen molar-refractivity contribution in [3.05, 3.63) is 0 Å². The molecule has 6 heteroatoms. The summed E-state index contributed by atoms with van der Waals surface area (Å²) in [6.07, 6.45) is 0.716. The molecule has 100 valence electrons. The van der Waals surface area contributed by atoms with Crippen LogP contribution in [0.4, 0.5) is 0 Å². The topological polar surface area (TPSA) is 75.6 Å². The van der Waals surface area contributed by atoms with Crippen molar-refractivity contribution >= 4 is 23.6 Å². The van der Waals surface area contributed by atoms with E-state index in [4.69, 9.17) is 9.84 Å². The van der Waals surface area contributed by atoms with Crippen LogP contribution in [0, 0.1) is 5.92 Å². The third kappa shape index (κ3) is 7.23. The maximum absolute atomic E-state index is 11.5. The molecule has 0 heterocycles. The summed E-state index contributed by atoms with van der Waals surface area (Å²) >= 11 is 1.43. The van der Waals surface area contributed by atoms with E-state index in [9.17, 15) is 9.59 Å². The SMILES string of the molecule is CC[C@@H](C)[C@H](NC(=O)CSCCOC)C(=O)O. The molecule has 17 heavy (non-hydrogen) atoms. The molecule has 1 amide bonds. The fourth-order valence-electron chi connectivity index (χ4n) is 1.21. The zero-order chi connectivity index (χ0) is 13.3. The predicted molar refractivity (Wildman–Crippen MR) is 68.2 cm³/mol. The number of nitrogens with one attached hydrogen (secondary N) is 1. The summed E-state index contributed by atoms with van der Waals surface area (Å²) in [6.45, 7) is 4.31. The number of carboxylic acid groups (broad SMARTS) is 1. The van der Waals surface area contributed by atoms with Gasteiger partial charge in [0.15, 0.2) is 0 Å². The molecule has 0 saturated carbocycles. The lowest BCUT2D eigenvalue weighted by molar-refractivity contribution is -0.143. The van der Waals surface area contributed by atoms with Crippen molar-refractivity contribution in [3.63, 3.8) is 0 Å². The molecule has 2 N–H and O–H groups in total. The average Bonchev–Trinajstić information content (AvgIpc) is 2.30. The second-order valence-electron chi connectivity index (χ2n) is 3.81. The van der Waals surface area contributed by atoms with Gasteiger partial charge in [-0.05, 0) is 5.92 Å². The Morgan fingerprint density at radius 1 is 1.47 bits per heavy atom. The summed E-state index contributed by atoms with van der Waals surface area (Å²) in [4.78, 5) is 22.5. The predicted octanol–water partition coefficient (Wildman–Crippen LogP) is 0.981. The number of carbonyl (C=O) groups excluding carboxylic acids is 1. The molecule has 2 atom stereocenters. The van der Waals surface area contributed by atoms with Crippen molar-refractivity contribution in [1.82, 2.24) is 5.32 Å². The van der Waals surface area contributed by atoms with E-state index in [2.05, 4.69) is 5.32 Å².